The quantitative estimate of drug-likeness (QED) is 0.819. The molecule has 0 radical (unpaired) electrons. The van der Waals surface area contributed by atoms with Gasteiger partial charge in [-0.15, -0.1) is 0 Å². The number of primary amides is 1. The monoisotopic (exact) mass is 330 g/mol. The van der Waals surface area contributed by atoms with Gasteiger partial charge < -0.3 is 11.1 Å². The Kier molecular flexibility index (Phi) is 5.14. The standard InChI is InChI=1S/C18H26N4O2/c1-12-3-2-4-15(20-12)17(13-5-6-13)21-18(24)14-7-9-22(10-8-14)11-16(19)23/h2-4,13-14,17H,5-11H2,1H3,(H2,19,23)(H,21,24)/t17-/m1/s1. The summed E-state index contributed by atoms with van der Waals surface area (Å²) in [7, 11) is 0. The van der Waals surface area contributed by atoms with E-state index >= 15 is 0 Å². The lowest BCUT2D eigenvalue weighted by atomic mass is 9.95. The predicted molar refractivity (Wildman–Crippen MR) is 90.9 cm³/mol. The molecule has 1 atom stereocenters. The number of aryl methyl sites for hydroxylation is 1. The van der Waals surface area contributed by atoms with Crippen molar-refractivity contribution in [1.82, 2.24) is 15.2 Å². The molecule has 6 nitrogen and oxygen atoms in total. The highest BCUT2D eigenvalue weighted by molar-refractivity contribution is 5.79. The Hall–Kier alpha value is -1.95. The summed E-state index contributed by atoms with van der Waals surface area (Å²) in [5.41, 5.74) is 7.18. The minimum atomic E-state index is -0.308. The average molecular weight is 330 g/mol. The summed E-state index contributed by atoms with van der Waals surface area (Å²) in [6, 6.07) is 6.01. The van der Waals surface area contributed by atoms with E-state index in [0.717, 1.165) is 50.2 Å². The Balaban J connectivity index is 1.58. The van der Waals surface area contributed by atoms with Crippen molar-refractivity contribution >= 4 is 11.8 Å². The molecule has 6 heteroatoms. The Labute approximate surface area is 142 Å². The number of hydrogen-bond donors (Lipinski definition) is 2. The zero-order chi connectivity index (χ0) is 17.1. The molecular formula is C18H26N4O2. The van der Waals surface area contributed by atoms with Crippen LogP contribution in [0.15, 0.2) is 18.2 Å². The van der Waals surface area contributed by atoms with E-state index in [-0.39, 0.29) is 30.3 Å². The zero-order valence-electron chi connectivity index (χ0n) is 14.2. The van der Waals surface area contributed by atoms with Crippen LogP contribution in [0, 0.1) is 18.8 Å². The molecule has 3 N–H and O–H groups in total. The number of rotatable bonds is 6. The van der Waals surface area contributed by atoms with Crippen LogP contribution in [0.4, 0.5) is 0 Å². The first kappa shape index (κ1) is 16.9. The molecule has 0 aromatic carbocycles. The third-order valence-electron chi connectivity index (χ3n) is 4.96. The number of aromatic nitrogens is 1. The first-order valence-corrected chi connectivity index (χ1v) is 8.77. The van der Waals surface area contributed by atoms with Gasteiger partial charge in [-0.1, -0.05) is 6.07 Å². The van der Waals surface area contributed by atoms with Crippen molar-refractivity contribution in [1.29, 1.82) is 0 Å². The van der Waals surface area contributed by atoms with Gasteiger partial charge in [0.25, 0.3) is 0 Å². The SMILES string of the molecule is Cc1cccc([C@H](NC(=O)C2CCN(CC(N)=O)CC2)C2CC2)n1. The highest BCUT2D eigenvalue weighted by Crippen LogP contribution is 2.40. The highest BCUT2D eigenvalue weighted by Gasteiger charge is 2.36. The maximum absolute atomic E-state index is 12.7. The summed E-state index contributed by atoms with van der Waals surface area (Å²) in [6.07, 6.45) is 3.85. The lowest BCUT2D eigenvalue weighted by Crippen LogP contribution is -2.44. The van der Waals surface area contributed by atoms with Crippen molar-refractivity contribution in [2.24, 2.45) is 17.6 Å². The molecule has 0 unspecified atom stereocenters. The van der Waals surface area contributed by atoms with Crippen molar-refractivity contribution < 1.29 is 9.59 Å². The Morgan fingerprint density at radius 1 is 1.29 bits per heavy atom. The third-order valence-corrected chi connectivity index (χ3v) is 4.96. The van der Waals surface area contributed by atoms with E-state index in [4.69, 9.17) is 5.73 Å². The topological polar surface area (TPSA) is 88.3 Å². The van der Waals surface area contributed by atoms with Crippen LogP contribution in [0.2, 0.25) is 0 Å². The zero-order valence-corrected chi connectivity index (χ0v) is 14.2. The van der Waals surface area contributed by atoms with Crippen LogP contribution in [0.25, 0.3) is 0 Å². The molecule has 1 saturated heterocycles. The van der Waals surface area contributed by atoms with Crippen molar-refractivity contribution in [2.75, 3.05) is 19.6 Å². The predicted octanol–water partition coefficient (Wildman–Crippen LogP) is 1.15. The molecule has 1 aliphatic heterocycles. The smallest absolute Gasteiger partial charge is 0.231 e. The molecule has 24 heavy (non-hydrogen) atoms. The summed E-state index contributed by atoms with van der Waals surface area (Å²) < 4.78 is 0. The second-order valence-corrected chi connectivity index (χ2v) is 7.04. The maximum atomic E-state index is 12.7. The van der Waals surface area contributed by atoms with E-state index in [9.17, 15) is 9.59 Å². The van der Waals surface area contributed by atoms with Crippen LogP contribution in [0.3, 0.4) is 0 Å². The van der Waals surface area contributed by atoms with Gasteiger partial charge in [0.15, 0.2) is 0 Å². The van der Waals surface area contributed by atoms with E-state index in [0.29, 0.717) is 5.92 Å². The molecule has 1 aliphatic carbocycles. The molecule has 2 fully saturated rings. The van der Waals surface area contributed by atoms with Gasteiger partial charge in [0, 0.05) is 11.6 Å². The molecule has 1 saturated carbocycles. The molecule has 0 spiro atoms. The number of nitrogens with two attached hydrogens (primary N) is 1. The minimum absolute atomic E-state index is 0.0141. The molecule has 2 aliphatic rings. The van der Waals surface area contributed by atoms with Gasteiger partial charge >= 0.3 is 0 Å². The molecule has 1 aromatic heterocycles. The molecule has 3 rings (SSSR count). The number of carbonyl (C=O) groups is 2. The molecule has 1 aromatic rings. The summed E-state index contributed by atoms with van der Waals surface area (Å²) >= 11 is 0. The van der Waals surface area contributed by atoms with Crippen molar-refractivity contribution in [3.05, 3.63) is 29.6 Å². The van der Waals surface area contributed by atoms with Crippen LogP contribution < -0.4 is 11.1 Å². The van der Waals surface area contributed by atoms with Crippen molar-refractivity contribution in [2.45, 2.75) is 38.6 Å². The summed E-state index contributed by atoms with van der Waals surface area (Å²) in [5, 5.41) is 3.24. The molecule has 0 bridgehead atoms. The van der Waals surface area contributed by atoms with E-state index in [1.54, 1.807) is 0 Å². The number of amides is 2. The minimum Gasteiger partial charge on any atom is -0.369 e. The number of pyridine rings is 1. The fourth-order valence-corrected chi connectivity index (χ4v) is 3.44. The number of hydrogen-bond acceptors (Lipinski definition) is 4. The lowest BCUT2D eigenvalue weighted by Gasteiger charge is -2.31. The van der Waals surface area contributed by atoms with Gasteiger partial charge in [-0.3, -0.25) is 19.5 Å². The van der Waals surface area contributed by atoms with Crippen LogP contribution in [-0.2, 0) is 9.59 Å². The normalized spacial score (nSPS) is 20.5. The first-order valence-electron chi connectivity index (χ1n) is 8.77. The maximum Gasteiger partial charge on any atom is 0.231 e. The van der Waals surface area contributed by atoms with Gasteiger partial charge in [0.2, 0.25) is 11.8 Å². The van der Waals surface area contributed by atoms with Crippen LogP contribution >= 0.6 is 0 Å². The summed E-state index contributed by atoms with van der Waals surface area (Å²) in [4.78, 5) is 30.3. The van der Waals surface area contributed by atoms with E-state index in [2.05, 4.69) is 10.3 Å². The third kappa shape index (κ3) is 4.32. The van der Waals surface area contributed by atoms with Crippen molar-refractivity contribution in [3.8, 4) is 0 Å². The Morgan fingerprint density at radius 2 is 2.00 bits per heavy atom. The second-order valence-electron chi connectivity index (χ2n) is 7.04. The van der Waals surface area contributed by atoms with Crippen LogP contribution in [0.1, 0.15) is 43.1 Å². The largest absolute Gasteiger partial charge is 0.369 e. The number of piperidine rings is 1. The van der Waals surface area contributed by atoms with E-state index in [1.165, 1.54) is 0 Å². The molecular weight excluding hydrogens is 304 g/mol. The lowest BCUT2D eigenvalue weighted by molar-refractivity contribution is -0.127. The van der Waals surface area contributed by atoms with E-state index < -0.39 is 0 Å². The first-order chi connectivity index (χ1) is 11.5. The summed E-state index contributed by atoms with van der Waals surface area (Å²) in [5.74, 6) is 0.338. The fourth-order valence-electron chi connectivity index (χ4n) is 3.44. The fraction of sp³-hybridized carbons (Fsp3) is 0.611. The number of carbonyl (C=O) groups excluding carboxylic acids is 2. The number of nitrogens with one attached hydrogen (secondary N) is 1. The second kappa shape index (κ2) is 7.30. The number of nitrogens with zero attached hydrogens (tertiary/aromatic N) is 2. The van der Waals surface area contributed by atoms with Crippen molar-refractivity contribution in [3.63, 3.8) is 0 Å². The highest BCUT2D eigenvalue weighted by atomic mass is 16.2. The van der Waals surface area contributed by atoms with E-state index in [1.807, 2.05) is 30.0 Å². The number of likely N-dealkylation sites (tertiary alicyclic amines) is 1. The van der Waals surface area contributed by atoms with Gasteiger partial charge in [0.05, 0.1) is 18.3 Å². The molecule has 130 valence electrons. The van der Waals surface area contributed by atoms with Gasteiger partial charge in [-0.05, 0) is 63.7 Å². The average Bonchev–Trinajstić information content (AvgIpc) is 3.37. The van der Waals surface area contributed by atoms with Gasteiger partial charge in [-0.2, -0.15) is 0 Å². The molecule has 2 heterocycles. The van der Waals surface area contributed by atoms with Gasteiger partial charge in [0.1, 0.15) is 0 Å². The van der Waals surface area contributed by atoms with Crippen LogP contribution in [-0.4, -0.2) is 41.3 Å². The Bertz CT molecular complexity index is 607. The summed E-state index contributed by atoms with van der Waals surface area (Å²) in [6.45, 7) is 3.76. The van der Waals surface area contributed by atoms with Gasteiger partial charge in [-0.25, -0.2) is 0 Å². The van der Waals surface area contributed by atoms with Crippen LogP contribution in [0.5, 0.6) is 0 Å². The molecule has 2 amide bonds. The Morgan fingerprint density at radius 3 is 2.58 bits per heavy atom.